The summed E-state index contributed by atoms with van der Waals surface area (Å²) < 4.78 is 0. The highest BCUT2D eigenvalue weighted by atomic mass is 15.2. The Morgan fingerprint density at radius 3 is 2.50 bits per heavy atom. The lowest BCUT2D eigenvalue weighted by molar-refractivity contribution is 0.390. The summed E-state index contributed by atoms with van der Waals surface area (Å²) in [5.41, 5.74) is 8.54. The molecule has 1 fully saturated rings. The van der Waals surface area contributed by atoms with Gasteiger partial charge in [0.05, 0.1) is 0 Å². The zero-order chi connectivity index (χ0) is 13.1. The number of piperidine rings is 1. The fourth-order valence-electron chi connectivity index (χ4n) is 2.84. The standard InChI is InChI=1S/C16H26N2/c1-12-4-5-14(3)18(11-12)16-8-6-15(7-9-16)10-13(2)17/h6-9,12-14H,4-5,10-11,17H2,1-3H3. The molecule has 0 aromatic heterocycles. The molecular weight excluding hydrogens is 220 g/mol. The first-order valence-electron chi connectivity index (χ1n) is 7.17. The van der Waals surface area contributed by atoms with Crippen molar-refractivity contribution in [3.8, 4) is 0 Å². The maximum Gasteiger partial charge on any atom is 0.0368 e. The molecule has 1 aromatic rings. The molecule has 2 N–H and O–H groups in total. The van der Waals surface area contributed by atoms with Crippen molar-refractivity contribution in [2.45, 2.75) is 52.1 Å². The van der Waals surface area contributed by atoms with Gasteiger partial charge in [-0.25, -0.2) is 0 Å². The third-order valence-electron chi connectivity index (χ3n) is 3.94. The maximum absolute atomic E-state index is 5.84. The van der Waals surface area contributed by atoms with E-state index in [0.717, 1.165) is 12.3 Å². The quantitative estimate of drug-likeness (QED) is 0.887. The number of nitrogens with two attached hydrogens (primary N) is 1. The summed E-state index contributed by atoms with van der Waals surface area (Å²) in [6.07, 6.45) is 3.63. The van der Waals surface area contributed by atoms with Crippen LogP contribution in [0.1, 0.15) is 39.2 Å². The average Bonchev–Trinajstić information content (AvgIpc) is 2.33. The molecule has 1 saturated heterocycles. The molecule has 0 bridgehead atoms. The Morgan fingerprint density at radius 1 is 1.22 bits per heavy atom. The summed E-state index contributed by atoms with van der Waals surface area (Å²) in [6.45, 7) is 7.93. The van der Waals surface area contributed by atoms with Crippen LogP contribution in [0, 0.1) is 5.92 Å². The van der Waals surface area contributed by atoms with E-state index >= 15 is 0 Å². The van der Waals surface area contributed by atoms with Crippen LogP contribution < -0.4 is 10.6 Å². The van der Waals surface area contributed by atoms with E-state index in [9.17, 15) is 0 Å². The van der Waals surface area contributed by atoms with Gasteiger partial charge >= 0.3 is 0 Å². The lowest BCUT2D eigenvalue weighted by Crippen LogP contribution is -2.41. The molecule has 100 valence electrons. The Labute approximate surface area is 111 Å². The SMILES string of the molecule is CC(N)Cc1ccc(N2CC(C)CCC2C)cc1. The molecule has 0 saturated carbocycles. The van der Waals surface area contributed by atoms with Crippen LogP contribution in [0.5, 0.6) is 0 Å². The van der Waals surface area contributed by atoms with E-state index in [2.05, 4.69) is 49.9 Å². The highest BCUT2D eigenvalue weighted by Gasteiger charge is 2.22. The number of anilines is 1. The van der Waals surface area contributed by atoms with Crippen LogP contribution in [-0.2, 0) is 6.42 Å². The van der Waals surface area contributed by atoms with E-state index in [4.69, 9.17) is 5.73 Å². The van der Waals surface area contributed by atoms with Gasteiger partial charge in [0.15, 0.2) is 0 Å². The fourth-order valence-corrected chi connectivity index (χ4v) is 2.84. The van der Waals surface area contributed by atoms with Crippen molar-refractivity contribution < 1.29 is 0 Å². The van der Waals surface area contributed by atoms with Crippen LogP contribution in [0.4, 0.5) is 5.69 Å². The van der Waals surface area contributed by atoms with Gasteiger partial charge in [0.25, 0.3) is 0 Å². The zero-order valence-electron chi connectivity index (χ0n) is 11.9. The van der Waals surface area contributed by atoms with E-state index in [1.165, 1.54) is 30.6 Å². The molecule has 0 spiro atoms. The van der Waals surface area contributed by atoms with Crippen LogP contribution in [0.15, 0.2) is 24.3 Å². The Balaban J connectivity index is 2.08. The van der Waals surface area contributed by atoms with Crippen molar-refractivity contribution in [2.24, 2.45) is 11.7 Å². The molecule has 1 aliphatic heterocycles. The molecule has 1 aromatic carbocycles. The molecule has 18 heavy (non-hydrogen) atoms. The van der Waals surface area contributed by atoms with E-state index in [-0.39, 0.29) is 6.04 Å². The monoisotopic (exact) mass is 246 g/mol. The molecule has 2 nitrogen and oxygen atoms in total. The second-order valence-electron chi connectivity index (χ2n) is 6.03. The van der Waals surface area contributed by atoms with E-state index in [1.807, 2.05) is 0 Å². The Hall–Kier alpha value is -1.02. The van der Waals surface area contributed by atoms with Crippen molar-refractivity contribution in [3.05, 3.63) is 29.8 Å². The summed E-state index contributed by atoms with van der Waals surface area (Å²) in [7, 11) is 0. The number of nitrogens with zero attached hydrogens (tertiary/aromatic N) is 1. The predicted molar refractivity (Wildman–Crippen MR) is 79.0 cm³/mol. The van der Waals surface area contributed by atoms with Gasteiger partial charge in [0, 0.05) is 24.3 Å². The van der Waals surface area contributed by atoms with Crippen molar-refractivity contribution in [1.29, 1.82) is 0 Å². The fraction of sp³-hybridized carbons (Fsp3) is 0.625. The molecule has 1 aliphatic rings. The first-order chi connectivity index (χ1) is 8.56. The molecule has 1 heterocycles. The van der Waals surface area contributed by atoms with Gasteiger partial charge < -0.3 is 10.6 Å². The summed E-state index contributed by atoms with van der Waals surface area (Å²) in [5, 5.41) is 0. The van der Waals surface area contributed by atoms with Crippen molar-refractivity contribution in [3.63, 3.8) is 0 Å². The third kappa shape index (κ3) is 3.26. The highest BCUT2D eigenvalue weighted by Crippen LogP contribution is 2.27. The number of hydrogen-bond acceptors (Lipinski definition) is 2. The lowest BCUT2D eigenvalue weighted by Gasteiger charge is -2.38. The van der Waals surface area contributed by atoms with Crippen LogP contribution in [0.25, 0.3) is 0 Å². The Morgan fingerprint density at radius 2 is 1.89 bits per heavy atom. The molecule has 3 atom stereocenters. The number of rotatable bonds is 3. The highest BCUT2D eigenvalue weighted by molar-refractivity contribution is 5.49. The van der Waals surface area contributed by atoms with Crippen LogP contribution in [0.2, 0.25) is 0 Å². The smallest absolute Gasteiger partial charge is 0.0368 e. The first kappa shape index (κ1) is 13.4. The van der Waals surface area contributed by atoms with E-state index < -0.39 is 0 Å². The summed E-state index contributed by atoms with van der Waals surface area (Å²) in [6, 6.07) is 9.87. The minimum atomic E-state index is 0.241. The largest absolute Gasteiger partial charge is 0.369 e. The number of benzene rings is 1. The van der Waals surface area contributed by atoms with Gasteiger partial charge in [0.1, 0.15) is 0 Å². The predicted octanol–water partition coefficient (Wildman–Crippen LogP) is 3.20. The first-order valence-corrected chi connectivity index (χ1v) is 7.17. The van der Waals surface area contributed by atoms with E-state index in [1.54, 1.807) is 0 Å². The molecule has 0 amide bonds. The van der Waals surface area contributed by atoms with Gasteiger partial charge in [-0.1, -0.05) is 19.1 Å². The Kier molecular flexibility index (Phi) is 4.28. The van der Waals surface area contributed by atoms with Crippen LogP contribution in [0.3, 0.4) is 0 Å². The summed E-state index contributed by atoms with van der Waals surface area (Å²) >= 11 is 0. The molecular formula is C16H26N2. The number of hydrogen-bond donors (Lipinski definition) is 1. The van der Waals surface area contributed by atoms with Crippen molar-refractivity contribution in [2.75, 3.05) is 11.4 Å². The second kappa shape index (κ2) is 5.75. The topological polar surface area (TPSA) is 29.3 Å². The molecule has 0 aliphatic carbocycles. The van der Waals surface area contributed by atoms with Crippen LogP contribution >= 0.6 is 0 Å². The van der Waals surface area contributed by atoms with Gasteiger partial charge in [0.2, 0.25) is 0 Å². The van der Waals surface area contributed by atoms with Gasteiger partial charge in [-0.05, 0) is 56.7 Å². The van der Waals surface area contributed by atoms with Gasteiger partial charge in [-0.2, -0.15) is 0 Å². The van der Waals surface area contributed by atoms with Crippen molar-refractivity contribution >= 4 is 5.69 Å². The average molecular weight is 246 g/mol. The zero-order valence-corrected chi connectivity index (χ0v) is 11.9. The van der Waals surface area contributed by atoms with E-state index in [0.29, 0.717) is 6.04 Å². The van der Waals surface area contributed by atoms with Crippen molar-refractivity contribution in [1.82, 2.24) is 0 Å². The van der Waals surface area contributed by atoms with Gasteiger partial charge in [-0.15, -0.1) is 0 Å². The summed E-state index contributed by atoms with van der Waals surface area (Å²) in [5.74, 6) is 0.810. The molecule has 0 radical (unpaired) electrons. The minimum absolute atomic E-state index is 0.241. The molecule has 3 unspecified atom stereocenters. The molecule has 2 rings (SSSR count). The minimum Gasteiger partial charge on any atom is -0.369 e. The molecule has 2 heteroatoms. The normalized spacial score (nSPS) is 26.1. The Bertz CT molecular complexity index is 369. The lowest BCUT2D eigenvalue weighted by atomic mass is 9.94. The van der Waals surface area contributed by atoms with Gasteiger partial charge in [-0.3, -0.25) is 0 Å². The second-order valence-corrected chi connectivity index (χ2v) is 6.03. The maximum atomic E-state index is 5.84. The van der Waals surface area contributed by atoms with Crippen LogP contribution in [-0.4, -0.2) is 18.6 Å². The summed E-state index contributed by atoms with van der Waals surface area (Å²) in [4.78, 5) is 2.55. The third-order valence-corrected chi connectivity index (χ3v) is 3.94.